The number of esters is 2. The first-order valence-corrected chi connectivity index (χ1v) is 12.4. The SMILES string of the molecule is CCC(=O)N(c1ccccc1)C1(C(=O)OC)CCN(CCC(=O)OC)CC1.O=C(O)CC(O)(CC(=O)O)C(=O)O. The van der Waals surface area contributed by atoms with Crippen LogP contribution in [0.5, 0.6) is 0 Å². The number of para-hydroxylation sites is 1. The maximum Gasteiger partial charge on any atom is 0.336 e. The van der Waals surface area contributed by atoms with E-state index in [0.717, 1.165) is 0 Å². The average molecular weight is 569 g/mol. The third-order valence-corrected chi connectivity index (χ3v) is 6.39. The Morgan fingerprint density at radius 2 is 1.45 bits per heavy atom. The predicted octanol–water partition coefficient (Wildman–Crippen LogP) is 0.752. The zero-order valence-corrected chi connectivity index (χ0v) is 22.7. The van der Waals surface area contributed by atoms with Gasteiger partial charge in [0, 0.05) is 31.7 Å². The molecule has 0 aliphatic carbocycles. The molecular weight excluding hydrogens is 532 g/mol. The van der Waals surface area contributed by atoms with E-state index in [-0.39, 0.29) is 11.9 Å². The van der Waals surface area contributed by atoms with Crippen LogP contribution in [0.15, 0.2) is 30.3 Å². The molecule has 2 rings (SSSR count). The number of hydrogen-bond donors (Lipinski definition) is 4. The molecule has 1 heterocycles. The molecule has 1 aliphatic heterocycles. The van der Waals surface area contributed by atoms with Gasteiger partial charge < -0.3 is 34.8 Å². The van der Waals surface area contributed by atoms with Gasteiger partial charge in [0.2, 0.25) is 5.91 Å². The molecule has 0 spiro atoms. The number of methoxy groups -OCH3 is 2. The average Bonchev–Trinajstić information content (AvgIpc) is 2.91. The van der Waals surface area contributed by atoms with Crippen molar-refractivity contribution in [2.75, 3.05) is 38.8 Å². The van der Waals surface area contributed by atoms with Crippen molar-refractivity contribution in [1.29, 1.82) is 0 Å². The Labute approximate surface area is 231 Å². The van der Waals surface area contributed by atoms with E-state index >= 15 is 0 Å². The third-order valence-electron chi connectivity index (χ3n) is 6.39. The molecule has 0 radical (unpaired) electrons. The van der Waals surface area contributed by atoms with E-state index in [4.69, 9.17) is 25.2 Å². The topological polar surface area (TPSA) is 208 Å². The van der Waals surface area contributed by atoms with Gasteiger partial charge in [-0.25, -0.2) is 9.59 Å². The number of anilines is 1. The first-order chi connectivity index (χ1) is 18.8. The van der Waals surface area contributed by atoms with Crippen molar-refractivity contribution in [3.63, 3.8) is 0 Å². The predicted molar refractivity (Wildman–Crippen MR) is 138 cm³/mol. The second-order valence-corrected chi connectivity index (χ2v) is 9.09. The number of aliphatic carboxylic acids is 3. The summed E-state index contributed by atoms with van der Waals surface area (Å²) >= 11 is 0. The van der Waals surface area contributed by atoms with Crippen molar-refractivity contribution in [1.82, 2.24) is 4.90 Å². The van der Waals surface area contributed by atoms with Crippen LogP contribution in [0.1, 0.15) is 45.4 Å². The molecule has 0 bridgehead atoms. The molecule has 14 nitrogen and oxygen atoms in total. The van der Waals surface area contributed by atoms with Crippen molar-refractivity contribution < 1.29 is 58.7 Å². The van der Waals surface area contributed by atoms with Crippen LogP contribution < -0.4 is 4.90 Å². The van der Waals surface area contributed by atoms with Gasteiger partial charge in [-0.1, -0.05) is 25.1 Å². The molecular formula is C26H36N2O12. The van der Waals surface area contributed by atoms with E-state index in [1.807, 2.05) is 30.3 Å². The Bertz CT molecular complexity index is 1040. The zero-order chi connectivity index (χ0) is 30.5. The molecule has 0 unspecified atom stereocenters. The summed E-state index contributed by atoms with van der Waals surface area (Å²) < 4.78 is 9.80. The number of rotatable bonds is 12. The normalized spacial score (nSPS) is 14.6. The monoisotopic (exact) mass is 568 g/mol. The van der Waals surface area contributed by atoms with Crippen molar-refractivity contribution in [2.45, 2.75) is 56.6 Å². The molecule has 0 saturated carbocycles. The number of nitrogens with zero attached hydrogens (tertiary/aromatic N) is 2. The van der Waals surface area contributed by atoms with Crippen LogP contribution >= 0.6 is 0 Å². The maximum absolute atomic E-state index is 12.8. The summed E-state index contributed by atoms with van der Waals surface area (Å²) in [5, 5.41) is 33.8. The summed E-state index contributed by atoms with van der Waals surface area (Å²) in [7, 11) is 2.72. The number of ether oxygens (including phenoxy) is 2. The summed E-state index contributed by atoms with van der Waals surface area (Å²) in [6.45, 7) is 3.53. The second-order valence-electron chi connectivity index (χ2n) is 9.09. The standard InChI is InChI=1S/C20H28N2O5.C6H8O7/c1-4-17(23)22(16-8-6-5-7-9-16)20(19(25)27-3)11-14-21(15-12-20)13-10-18(24)26-2;7-3(8)1-6(13,5(11)12)2-4(9)10/h5-9H,4,10-15H2,1-3H3;13H,1-2H2,(H,7,8)(H,9,10)(H,11,12). The number of piperidine rings is 1. The lowest BCUT2D eigenvalue weighted by Crippen LogP contribution is -2.62. The highest BCUT2D eigenvalue weighted by Crippen LogP contribution is 2.35. The first kappa shape index (κ1) is 34.0. The molecule has 1 fully saturated rings. The number of carboxylic acid groups (broad SMARTS) is 3. The summed E-state index contributed by atoms with van der Waals surface area (Å²) in [5.41, 5.74) is -3.08. The Kier molecular flexibility index (Phi) is 13.2. The van der Waals surface area contributed by atoms with Crippen molar-refractivity contribution in [3.8, 4) is 0 Å². The maximum atomic E-state index is 12.8. The summed E-state index contributed by atoms with van der Waals surface area (Å²) in [4.78, 5) is 71.2. The van der Waals surface area contributed by atoms with Crippen molar-refractivity contribution in [3.05, 3.63) is 30.3 Å². The number of benzene rings is 1. The molecule has 1 aromatic carbocycles. The number of carbonyl (C=O) groups excluding carboxylic acids is 3. The molecule has 14 heteroatoms. The lowest BCUT2D eigenvalue weighted by Gasteiger charge is -2.46. The molecule has 4 N–H and O–H groups in total. The van der Waals surface area contributed by atoms with Gasteiger partial charge in [0.15, 0.2) is 5.60 Å². The first-order valence-electron chi connectivity index (χ1n) is 12.4. The van der Waals surface area contributed by atoms with Gasteiger partial charge in [-0.2, -0.15) is 0 Å². The van der Waals surface area contributed by atoms with Crippen LogP contribution in [0.2, 0.25) is 0 Å². The van der Waals surface area contributed by atoms with Crippen molar-refractivity contribution in [2.24, 2.45) is 0 Å². The van der Waals surface area contributed by atoms with Crippen molar-refractivity contribution >= 4 is 41.4 Å². The van der Waals surface area contributed by atoms with Gasteiger partial charge in [0.1, 0.15) is 5.54 Å². The van der Waals surface area contributed by atoms with E-state index in [1.54, 1.807) is 11.8 Å². The van der Waals surface area contributed by atoms with Crippen LogP contribution in [0.25, 0.3) is 0 Å². The highest BCUT2D eigenvalue weighted by Gasteiger charge is 2.49. The quantitative estimate of drug-likeness (QED) is 0.257. The van der Waals surface area contributed by atoms with E-state index in [1.165, 1.54) is 14.2 Å². The Balaban J connectivity index is 0.000000520. The minimum absolute atomic E-state index is 0.116. The van der Waals surface area contributed by atoms with E-state index in [9.17, 15) is 28.8 Å². The van der Waals surface area contributed by atoms with E-state index in [2.05, 4.69) is 9.64 Å². The van der Waals surface area contributed by atoms with Crippen LogP contribution in [-0.2, 0) is 38.2 Å². The molecule has 0 atom stereocenters. The fraction of sp³-hybridized carbons (Fsp3) is 0.538. The summed E-state index contributed by atoms with van der Waals surface area (Å²) in [6, 6.07) is 9.24. The molecule has 1 aromatic rings. The third kappa shape index (κ3) is 9.31. The fourth-order valence-electron chi connectivity index (χ4n) is 4.29. The van der Waals surface area contributed by atoms with Crippen LogP contribution in [0, 0.1) is 0 Å². The number of amides is 1. The molecule has 222 valence electrons. The van der Waals surface area contributed by atoms with Gasteiger partial charge in [0.25, 0.3) is 0 Å². The van der Waals surface area contributed by atoms with Gasteiger partial charge in [0.05, 0.1) is 33.5 Å². The Morgan fingerprint density at radius 1 is 0.925 bits per heavy atom. The minimum atomic E-state index is -2.74. The molecule has 1 aliphatic rings. The van der Waals surface area contributed by atoms with Crippen LogP contribution in [0.4, 0.5) is 5.69 Å². The number of carboxylic acids is 3. The lowest BCUT2D eigenvalue weighted by molar-refractivity contribution is -0.170. The van der Waals surface area contributed by atoms with Crippen LogP contribution in [0.3, 0.4) is 0 Å². The summed E-state index contributed by atoms with van der Waals surface area (Å²) in [5.74, 6) is -5.79. The zero-order valence-electron chi connectivity index (χ0n) is 22.7. The van der Waals surface area contributed by atoms with E-state index < -0.39 is 47.9 Å². The fourth-order valence-corrected chi connectivity index (χ4v) is 4.29. The van der Waals surface area contributed by atoms with E-state index in [0.29, 0.717) is 51.0 Å². The molecule has 40 heavy (non-hydrogen) atoms. The highest BCUT2D eigenvalue weighted by molar-refractivity contribution is 6.02. The number of hydrogen-bond acceptors (Lipinski definition) is 10. The largest absolute Gasteiger partial charge is 0.481 e. The van der Waals surface area contributed by atoms with Gasteiger partial charge in [-0.15, -0.1) is 0 Å². The molecule has 0 aromatic heterocycles. The van der Waals surface area contributed by atoms with Gasteiger partial charge in [-0.05, 0) is 25.0 Å². The number of likely N-dealkylation sites (tertiary alicyclic amines) is 1. The number of aliphatic hydroxyl groups is 1. The smallest absolute Gasteiger partial charge is 0.336 e. The Hall–Kier alpha value is -4.04. The van der Waals surface area contributed by atoms with Gasteiger partial charge in [-0.3, -0.25) is 24.1 Å². The second kappa shape index (κ2) is 15.5. The minimum Gasteiger partial charge on any atom is -0.481 e. The molecule has 1 saturated heterocycles. The summed E-state index contributed by atoms with van der Waals surface area (Å²) in [6.07, 6.45) is -0.802. The molecule has 1 amide bonds. The van der Waals surface area contributed by atoms with Gasteiger partial charge >= 0.3 is 29.8 Å². The van der Waals surface area contributed by atoms with Crippen LogP contribution in [-0.4, -0.2) is 106 Å². The lowest BCUT2D eigenvalue weighted by atomic mass is 9.84. The number of carbonyl (C=O) groups is 6. The Morgan fingerprint density at radius 3 is 1.85 bits per heavy atom. The highest BCUT2D eigenvalue weighted by atomic mass is 16.5.